The predicted octanol–water partition coefficient (Wildman–Crippen LogP) is 14.6. The van der Waals surface area contributed by atoms with Crippen molar-refractivity contribution in [2.45, 2.75) is 87.0 Å². The third-order valence-corrected chi connectivity index (χ3v) is 12.7. The topological polar surface area (TPSA) is 115 Å². The monoisotopic (exact) mass is 1050 g/mol. The molecule has 6 aromatic carbocycles. The highest BCUT2D eigenvalue weighted by molar-refractivity contribution is 14.1. The van der Waals surface area contributed by atoms with Crippen LogP contribution in [0.5, 0.6) is 0 Å². The van der Waals surface area contributed by atoms with Crippen molar-refractivity contribution in [3.8, 4) is 11.1 Å². The summed E-state index contributed by atoms with van der Waals surface area (Å²) in [6.45, 7) is 13.6. The highest BCUT2D eigenvalue weighted by atomic mass is 127. The maximum absolute atomic E-state index is 12.5. The zero-order chi connectivity index (χ0) is 48.4. The molecule has 0 saturated heterocycles. The van der Waals surface area contributed by atoms with Crippen LogP contribution in [0.3, 0.4) is 0 Å². The number of hydrogen-bond donors (Lipinski definition) is 0. The van der Waals surface area contributed by atoms with Crippen LogP contribution in [0.2, 0.25) is 0 Å². The largest absolute Gasteiger partial charge is 0.462 e. The molecule has 11 heteroatoms. The fourth-order valence-electron chi connectivity index (χ4n) is 8.30. The van der Waals surface area contributed by atoms with Crippen LogP contribution in [0.4, 0.5) is 0 Å². The summed E-state index contributed by atoms with van der Waals surface area (Å²) in [6, 6.07) is 50.0. The Morgan fingerprint density at radius 1 is 0.586 bits per heavy atom. The number of ether oxygens (including phenoxy) is 6. The molecule has 2 aromatic heterocycles. The van der Waals surface area contributed by atoms with Crippen molar-refractivity contribution >= 4 is 56.3 Å². The summed E-state index contributed by atoms with van der Waals surface area (Å²) in [5.74, 6) is -0.567. The number of aryl methyl sites for hydroxylation is 2. The van der Waals surface area contributed by atoms with Gasteiger partial charge in [0, 0.05) is 25.5 Å². The van der Waals surface area contributed by atoms with Gasteiger partial charge in [-0.25, -0.2) is 19.6 Å². The van der Waals surface area contributed by atoms with E-state index in [2.05, 4.69) is 103 Å². The third kappa shape index (κ3) is 12.3. The lowest BCUT2D eigenvalue weighted by Crippen LogP contribution is -2.09. The van der Waals surface area contributed by atoms with Gasteiger partial charge in [0.05, 0.1) is 60.8 Å². The number of fused-ring (bicyclic) bond motifs is 4. The van der Waals surface area contributed by atoms with E-state index >= 15 is 0 Å². The van der Waals surface area contributed by atoms with Gasteiger partial charge in [-0.15, -0.1) is 0 Å². The molecule has 0 bridgehead atoms. The van der Waals surface area contributed by atoms with E-state index in [4.69, 9.17) is 38.4 Å². The molecule has 0 spiro atoms. The minimum Gasteiger partial charge on any atom is -0.462 e. The lowest BCUT2D eigenvalue weighted by Gasteiger charge is -2.20. The molecule has 0 saturated carbocycles. The van der Waals surface area contributed by atoms with Crippen LogP contribution in [0.25, 0.3) is 32.9 Å². The van der Waals surface area contributed by atoms with E-state index in [-0.39, 0.29) is 31.6 Å². The Bertz CT molecular complexity index is 3100. The van der Waals surface area contributed by atoms with Gasteiger partial charge < -0.3 is 28.4 Å². The van der Waals surface area contributed by atoms with Crippen molar-refractivity contribution in [3.63, 3.8) is 0 Å². The first-order valence-electron chi connectivity index (χ1n) is 23.2. The van der Waals surface area contributed by atoms with E-state index in [1.54, 1.807) is 19.1 Å². The number of rotatable bonds is 11. The Morgan fingerprint density at radius 3 is 1.66 bits per heavy atom. The second-order valence-corrected chi connectivity index (χ2v) is 18.0. The molecular weight excluding hydrogens is 992 g/mol. The predicted molar refractivity (Wildman–Crippen MR) is 283 cm³/mol. The van der Waals surface area contributed by atoms with E-state index in [1.165, 1.54) is 5.56 Å². The number of nitrogens with zero attached hydrogens (tertiary/aromatic N) is 2. The number of pyridine rings is 2. The van der Waals surface area contributed by atoms with Crippen molar-refractivity contribution < 1.29 is 38.0 Å². The smallest absolute Gasteiger partial charge is 0.339 e. The van der Waals surface area contributed by atoms with Crippen molar-refractivity contribution in [2.24, 2.45) is 0 Å². The van der Waals surface area contributed by atoms with Gasteiger partial charge >= 0.3 is 11.9 Å². The quantitative estimate of drug-likeness (QED) is 0.0916. The molecule has 8 aromatic rings. The Labute approximate surface area is 424 Å². The highest BCUT2D eigenvalue weighted by Gasteiger charge is 2.30. The van der Waals surface area contributed by atoms with Gasteiger partial charge in [-0.3, -0.25) is 0 Å². The lowest BCUT2D eigenvalue weighted by molar-refractivity contribution is -0.167. The highest BCUT2D eigenvalue weighted by Crippen LogP contribution is 2.38. The molecule has 2 aliphatic rings. The van der Waals surface area contributed by atoms with Crippen LogP contribution in [-0.4, -0.2) is 35.1 Å². The summed E-state index contributed by atoms with van der Waals surface area (Å²) in [5.41, 5.74) is 13.3. The Hall–Kier alpha value is -6.35. The number of carbonyl (C=O) groups excluding carboxylic acids is 2. The van der Waals surface area contributed by atoms with E-state index in [0.29, 0.717) is 37.6 Å². The van der Waals surface area contributed by atoms with Crippen molar-refractivity contribution in [3.05, 3.63) is 211 Å². The number of hydrogen-bond acceptors (Lipinski definition) is 10. The van der Waals surface area contributed by atoms with Crippen LogP contribution in [0, 0.1) is 17.4 Å². The molecule has 0 N–H and O–H groups in total. The zero-order valence-electron chi connectivity index (χ0n) is 39.6. The van der Waals surface area contributed by atoms with E-state index in [1.807, 2.05) is 93.6 Å². The SMILES string of the molecule is C.CCOC(=O)c1ccccc1-c1cc(C)cc(C(C)OC2OCc3cc4ccccc4nc32)c1.CCOC(=O)c1ccccc1I.Cc1cccc(C(C)OC2OCc3cc4ccccc4nc32)c1. The number of esters is 2. The fourth-order valence-corrected chi connectivity index (χ4v) is 8.90. The fraction of sp³-hybridized carbons (Fsp3) is 0.254. The summed E-state index contributed by atoms with van der Waals surface area (Å²) in [4.78, 5) is 33.3. The van der Waals surface area contributed by atoms with Gasteiger partial charge in [0.25, 0.3) is 0 Å². The summed E-state index contributed by atoms with van der Waals surface area (Å²) < 4.78 is 35.4. The third-order valence-electron chi connectivity index (χ3n) is 11.7. The Balaban J connectivity index is 0.000000172. The van der Waals surface area contributed by atoms with E-state index < -0.39 is 12.6 Å². The average Bonchev–Trinajstić information content (AvgIpc) is 3.94. The molecule has 2 aliphatic heterocycles. The van der Waals surface area contributed by atoms with Crippen molar-refractivity contribution in [1.29, 1.82) is 0 Å². The molecule has 0 radical (unpaired) electrons. The average molecular weight is 1050 g/mol. The molecule has 4 heterocycles. The molecule has 0 aliphatic carbocycles. The van der Waals surface area contributed by atoms with Gasteiger partial charge in [-0.1, -0.05) is 122 Å². The number of benzene rings is 6. The zero-order valence-corrected chi connectivity index (χ0v) is 41.8. The first-order valence-corrected chi connectivity index (χ1v) is 24.2. The molecule has 360 valence electrons. The summed E-state index contributed by atoms with van der Waals surface area (Å²) in [5, 5.41) is 2.24. The minimum atomic E-state index is -0.523. The first-order chi connectivity index (χ1) is 33.5. The molecule has 4 unspecified atom stereocenters. The van der Waals surface area contributed by atoms with Crippen molar-refractivity contribution in [1.82, 2.24) is 9.97 Å². The molecule has 4 atom stereocenters. The van der Waals surface area contributed by atoms with Crippen LogP contribution in [-0.2, 0) is 41.6 Å². The summed E-state index contributed by atoms with van der Waals surface area (Å²) >= 11 is 2.11. The van der Waals surface area contributed by atoms with Gasteiger partial charge in [0.2, 0.25) is 12.6 Å². The van der Waals surface area contributed by atoms with Crippen LogP contribution < -0.4 is 0 Å². The first kappa shape index (κ1) is 51.5. The molecule has 10 nitrogen and oxygen atoms in total. The molecule has 0 fully saturated rings. The van der Waals surface area contributed by atoms with Crippen molar-refractivity contribution in [2.75, 3.05) is 13.2 Å². The second-order valence-electron chi connectivity index (χ2n) is 16.8. The van der Waals surface area contributed by atoms with Gasteiger partial charge in [0.15, 0.2) is 0 Å². The second kappa shape index (κ2) is 24.0. The van der Waals surface area contributed by atoms with Crippen LogP contribution in [0.1, 0.15) is 125 Å². The summed E-state index contributed by atoms with van der Waals surface area (Å²) in [6.07, 6.45) is -1.20. The molecule has 70 heavy (non-hydrogen) atoms. The number of aromatic nitrogens is 2. The Morgan fingerprint density at radius 2 is 1.09 bits per heavy atom. The maximum atomic E-state index is 12.5. The van der Waals surface area contributed by atoms with E-state index in [0.717, 1.165) is 75.7 Å². The Kier molecular flexibility index (Phi) is 17.6. The number of para-hydroxylation sites is 2. The maximum Gasteiger partial charge on any atom is 0.339 e. The number of halogens is 1. The molecule has 0 amide bonds. The minimum absolute atomic E-state index is 0. The van der Waals surface area contributed by atoms with E-state index in [9.17, 15) is 9.59 Å². The summed E-state index contributed by atoms with van der Waals surface area (Å²) in [7, 11) is 0. The van der Waals surface area contributed by atoms with Gasteiger partial charge in [0.1, 0.15) is 11.4 Å². The van der Waals surface area contributed by atoms with Gasteiger partial charge in [-0.05, 0) is 135 Å². The molecular formula is C59H59IN2O8. The lowest BCUT2D eigenvalue weighted by atomic mass is 9.95. The normalized spacial score (nSPS) is 15.2. The molecule has 10 rings (SSSR count). The van der Waals surface area contributed by atoms with Crippen LogP contribution in [0.15, 0.2) is 152 Å². The van der Waals surface area contributed by atoms with Gasteiger partial charge in [-0.2, -0.15) is 0 Å². The van der Waals surface area contributed by atoms with Crippen LogP contribution >= 0.6 is 22.6 Å². The standard InChI is InChI=1S/C29H27NO4.C20H19NO2.C9H9IO2.CH4/c1-4-32-28(31)25-11-7-6-10-24(25)22-14-18(2)13-21(16-22)19(3)34-29-27-23(17-33-29)15-20-9-5-8-12-26(20)30-27;1-13-6-5-8-15(10-13)14(2)23-20-19-17(12-22-20)11-16-7-3-4-9-18(16)21-19;1-2-12-9(11)7-5-3-4-6-8(7)10;/h5-16,19,29H,4,17H2,1-3H3;3-11,14,20H,12H2,1-2H3;3-6H,2H2,1H3;1H4. The number of carbonyl (C=O) groups is 2.